The number of nitrogens with zero attached hydrogens (tertiary/aromatic N) is 2. The maximum absolute atomic E-state index is 9.57. The predicted octanol–water partition coefficient (Wildman–Crippen LogP) is 2.60. The van der Waals surface area contributed by atoms with Crippen molar-refractivity contribution in [3.05, 3.63) is 0 Å². The molecular weight excluding hydrogens is 312 g/mol. The second kappa shape index (κ2) is 10.4. The zero-order chi connectivity index (χ0) is 18.1. The minimum Gasteiger partial charge on any atom is -0.393 e. The summed E-state index contributed by atoms with van der Waals surface area (Å²) in [5.41, 5.74) is 0.463. The molecule has 0 atom stereocenters. The number of hydrogen-bond acceptors (Lipinski definition) is 3. The van der Waals surface area contributed by atoms with Crippen molar-refractivity contribution in [1.82, 2.24) is 15.5 Å². The van der Waals surface area contributed by atoms with Gasteiger partial charge in [0, 0.05) is 32.7 Å². The van der Waals surface area contributed by atoms with Gasteiger partial charge in [-0.15, -0.1) is 0 Å². The molecular formula is C20H40N4O. The van der Waals surface area contributed by atoms with Gasteiger partial charge >= 0.3 is 0 Å². The van der Waals surface area contributed by atoms with E-state index in [2.05, 4.69) is 36.3 Å². The van der Waals surface area contributed by atoms with Crippen LogP contribution in [0.2, 0.25) is 0 Å². The summed E-state index contributed by atoms with van der Waals surface area (Å²) in [6.45, 7) is 12.8. The minimum absolute atomic E-state index is 0.0773. The normalized spacial score (nSPS) is 22.0. The van der Waals surface area contributed by atoms with Gasteiger partial charge in [0.1, 0.15) is 0 Å². The third-order valence-corrected chi connectivity index (χ3v) is 5.67. The molecule has 1 heterocycles. The summed E-state index contributed by atoms with van der Waals surface area (Å²) < 4.78 is 0. The molecule has 0 bridgehead atoms. The van der Waals surface area contributed by atoms with Crippen LogP contribution >= 0.6 is 0 Å². The first-order chi connectivity index (χ1) is 12.0. The molecule has 0 aromatic carbocycles. The van der Waals surface area contributed by atoms with Crippen LogP contribution in [0.15, 0.2) is 4.99 Å². The van der Waals surface area contributed by atoms with Gasteiger partial charge in [-0.2, -0.15) is 0 Å². The molecule has 5 heteroatoms. The van der Waals surface area contributed by atoms with Crippen LogP contribution in [0.25, 0.3) is 0 Å². The number of guanidine groups is 1. The molecule has 0 spiro atoms. The van der Waals surface area contributed by atoms with E-state index in [0.29, 0.717) is 5.41 Å². The monoisotopic (exact) mass is 352 g/mol. The van der Waals surface area contributed by atoms with Crippen LogP contribution in [0.5, 0.6) is 0 Å². The van der Waals surface area contributed by atoms with E-state index in [9.17, 15) is 5.11 Å². The summed E-state index contributed by atoms with van der Waals surface area (Å²) in [5, 5.41) is 16.5. The van der Waals surface area contributed by atoms with Crippen LogP contribution < -0.4 is 10.6 Å². The molecule has 0 radical (unpaired) electrons. The molecule has 0 aromatic rings. The number of aliphatic imine (C=N–C) groups is 1. The molecule has 1 saturated carbocycles. The van der Waals surface area contributed by atoms with Gasteiger partial charge in [-0.25, -0.2) is 0 Å². The Morgan fingerprint density at radius 3 is 2.52 bits per heavy atom. The number of piperidine rings is 1. The molecule has 1 aliphatic carbocycles. The summed E-state index contributed by atoms with van der Waals surface area (Å²) in [6, 6.07) is 0. The van der Waals surface area contributed by atoms with Crippen molar-refractivity contribution in [2.24, 2.45) is 16.3 Å². The third-order valence-electron chi connectivity index (χ3n) is 5.67. The lowest BCUT2D eigenvalue weighted by molar-refractivity contribution is 0.0822. The van der Waals surface area contributed by atoms with E-state index in [4.69, 9.17) is 4.99 Å². The van der Waals surface area contributed by atoms with Crippen molar-refractivity contribution in [1.29, 1.82) is 0 Å². The molecule has 2 fully saturated rings. The van der Waals surface area contributed by atoms with Gasteiger partial charge in [0.05, 0.1) is 6.10 Å². The van der Waals surface area contributed by atoms with Gasteiger partial charge in [-0.3, -0.25) is 4.99 Å². The molecule has 3 N–H and O–H groups in total. The zero-order valence-corrected chi connectivity index (χ0v) is 16.7. The van der Waals surface area contributed by atoms with E-state index >= 15 is 0 Å². The van der Waals surface area contributed by atoms with Crippen molar-refractivity contribution in [2.45, 2.75) is 71.8 Å². The van der Waals surface area contributed by atoms with Gasteiger partial charge in [0.2, 0.25) is 0 Å². The first kappa shape index (κ1) is 20.5. The Kier molecular flexibility index (Phi) is 8.50. The van der Waals surface area contributed by atoms with Crippen LogP contribution in [-0.4, -0.2) is 61.3 Å². The first-order valence-electron chi connectivity index (χ1n) is 10.5. The number of aliphatic hydroxyl groups is 1. The molecule has 0 unspecified atom stereocenters. The average molecular weight is 353 g/mol. The Hall–Kier alpha value is -0.810. The van der Waals surface area contributed by atoms with Gasteiger partial charge in [-0.05, 0) is 63.3 Å². The lowest BCUT2D eigenvalue weighted by Crippen LogP contribution is -2.42. The highest BCUT2D eigenvalue weighted by Crippen LogP contribution is 2.46. The zero-order valence-electron chi connectivity index (χ0n) is 16.7. The van der Waals surface area contributed by atoms with Gasteiger partial charge < -0.3 is 20.6 Å². The van der Waals surface area contributed by atoms with Crippen LogP contribution in [0.3, 0.4) is 0 Å². The minimum atomic E-state index is -0.0773. The van der Waals surface area contributed by atoms with E-state index in [1.165, 1.54) is 25.7 Å². The van der Waals surface area contributed by atoms with E-state index in [1.807, 2.05) is 0 Å². The SMILES string of the molecule is CCNC(=NCC1(CC(C)C)CCC1)NCCCN1CCC(O)CC1. The molecule has 1 aliphatic heterocycles. The van der Waals surface area contributed by atoms with Crippen LogP contribution in [0, 0.1) is 11.3 Å². The van der Waals surface area contributed by atoms with Crippen molar-refractivity contribution >= 4 is 5.96 Å². The molecule has 25 heavy (non-hydrogen) atoms. The Bertz CT molecular complexity index is 399. The number of hydrogen-bond donors (Lipinski definition) is 3. The number of likely N-dealkylation sites (tertiary alicyclic amines) is 1. The summed E-state index contributed by atoms with van der Waals surface area (Å²) in [4.78, 5) is 7.37. The lowest BCUT2D eigenvalue weighted by atomic mass is 9.64. The molecule has 146 valence electrons. The molecule has 1 saturated heterocycles. The second-order valence-electron chi connectivity index (χ2n) is 8.50. The topological polar surface area (TPSA) is 59.9 Å². The molecule has 2 rings (SSSR count). The fourth-order valence-corrected chi connectivity index (χ4v) is 4.21. The van der Waals surface area contributed by atoms with E-state index in [0.717, 1.165) is 70.4 Å². The largest absolute Gasteiger partial charge is 0.393 e. The summed E-state index contributed by atoms with van der Waals surface area (Å²) in [5.74, 6) is 1.74. The predicted molar refractivity (Wildman–Crippen MR) is 106 cm³/mol. The quantitative estimate of drug-likeness (QED) is 0.339. The number of aliphatic hydroxyl groups excluding tert-OH is 1. The fourth-order valence-electron chi connectivity index (χ4n) is 4.21. The Labute approximate surface area is 154 Å². The number of nitrogens with one attached hydrogen (secondary N) is 2. The van der Waals surface area contributed by atoms with Crippen LogP contribution in [0.1, 0.15) is 65.7 Å². The molecule has 0 aromatic heterocycles. The Morgan fingerprint density at radius 1 is 1.24 bits per heavy atom. The average Bonchev–Trinajstić information content (AvgIpc) is 2.55. The second-order valence-corrected chi connectivity index (χ2v) is 8.50. The maximum Gasteiger partial charge on any atom is 0.191 e. The van der Waals surface area contributed by atoms with Gasteiger partial charge in [-0.1, -0.05) is 20.3 Å². The van der Waals surface area contributed by atoms with Crippen molar-refractivity contribution in [3.8, 4) is 0 Å². The van der Waals surface area contributed by atoms with E-state index in [1.54, 1.807) is 0 Å². The highest BCUT2D eigenvalue weighted by molar-refractivity contribution is 5.79. The van der Waals surface area contributed by atoms with Crippen LogP contribution in [0.4, 0.5) is 0 Å². The van der Waals surface area contributed by atoms with E-state index < -0.39 is 0 Å². The summed E-state index contributed by atoms with van der Waals surface area (Å²) >= 11 is 0. The molecule has 2 aliphatic rings. The highest BCUT2D eigenvalue weighted by atomic mass is 16.3. The van der Waals surface area contributed by atoms with Gasteiger partial charge in [0.15, 0.2) is 5.96 Å². The van der Waals surface area contributed by atoms with Crippen LogP contribution in [-0.2, 0) is 0 Å². The number of rotatable bonds is 9. The van der Waals surface area contributed by atoms with Crippen molar-refractivity contribution < 1.29 is 5.11 Å². The van der Waals surface area contributed by atoms with Crippen molar-refractivity contribution in [2.75, 3.05) is 39.3 Å². The van der Waals surface area contributed by atoms with Gasteiger partial charge in [0.25, 0.3) is 0 Å². The van der Waals surface area contributed by atoms with Crippen molar-refractivity contribution in [3.63, 3.8) is 0 Å². The Morgan fingerprint density at radius 2 is 1.96 bits per heavy atom. The molecule has 5 nitrogen and oxygen atoms in total. The lowest BCUT2D eigenvalue weighted by Gasteiger charge is -2.42. The maximum atomic E-state index is 9.57. The molecule has 0 amide bonds. The first-order valence-corrected chi connectivity index (χ1v) is 10.5. The summed E-state index contributed by atoms with van der Waals surface area (Å²) in [7, 11) is 0. The smallest absolute Gasteiger partial charge is 0.191 e. The fraction of sp³-hybridized carbons (Fsp3) is 0.950. The third kappa shape index (κ3) is 7.14. The highest BCUT2D eigenvalue weighted by Gasteiger charge is 2.37. The van der Waals surface area contributed by atoms with E-state index in [-0.39, 0.29) is 6.10 Å². The standard InChI is InChI=1S/C20H40N4O/c1-4-21-19(23-16-20(9-5-10-20)15-17(2)3)22-11-6-12-24-13-7-18(25)8-14-24/h17-18,25H,4-16H2,1-3H3,(H2,21,22,23). The Balaban J connectivity index is 1.70. The summed E-state index contributed by atoms with van der Waals surface area (Å²) in [6.07, 6.45) is 8.26.